The molecule has 0 aliphatic heterocycles. The Hall–Kier alpha value is -0.790. The average molecular weight is 469 g/mol. The van der Waals surface area contributed by atoms with Crippen LogP contribution in [0.3, 0.4) is 0 Å². The zero-order valence-corrected chi connectivity index (χ0v) is 23.3. The van der Waals surface area contributed by atoms with Crippen molar-refractivity contribution in [2.24, 2.45) is 56.7 Å². The van der Waals surface area contributed by atoms with Crippen LogP contribution >= 0.6 is 0 Å². The Morgan fingerprint density at radius 2 is 1.59 bits per heavy atom. The first-order chi connectivity index (χ1) is 15.9. The van der Waals surface area contributed by atoms with Gasteiger partial charge in [-0.1, -0.05) is 60.6 Å². The fourth-order valence-corrected chi connectivity index (χ4v) is 11.5. The Labute approximate surface area is 210 Å². The van der Waals surface area contributed by atoms with E-state index < -0.39 is 0 Å². The Balaban J connectivity index is 1.38. The van der Waals surface area contributed by atoms with E-state index in [1.807, 2.05) is 0 Å². The maximum Gasteiger partial charge on any atom is 0.293 e. The fraction of sp³-hybridized carbons (Fsp3) is 0.906. The predicted octanol–water partition coefficient (Wildman–Crippen LogP) is 8.60. The minimum absolute atomic E-state index is 0.108. The van der Waals surface area contributed by atoms with Crippen LogP contribution in [0.15, 0.2) is 12.2 Å². The first-order valence-corrected chi connectivity index (χ1v) is 14.7. The Morgan fingerprint density at radius 3 is 2.26 bits per heavy atom. The molecule has 2 spiro atoms. The van der Waals surface area contributed by atoms with Crippen LogP contribution in [0.5, 0.6) is 0 Å². The fourth-order valence-electron chi connectivity index (χ4n) is 11.5. The lowest BCUT2D eigenvalue weighted by molar-refractivity contribution is -0.174. The minimum Gasteiger partial charge on any atom is -0.464 e. The number of carbonyl (C=O) groups is 1. The molecule has 0 aromatic heterocycles. The molecule has 0 unspecified atom stereocenters. The van der Waals surface area contributed by atoms with E-state index in [0.29, 0.717) is 34.1 Å². The second kappa shape index (κ2) is 7.85. The lowest BCUT2D eigenvalue weighted by Gasteiger charge is -2.63. The van der Waals surface area contributed by atoms with E-state index in [9.17, 15) is 4.79 Å². The van der Waals surface area contributed by atoms with Crippen LogP contribution in [-0.2, 0) is 9.53 Å². The lowest BCUT2D eigenvalue weighted by atomic mass is 9.41. The maximum absolute atomic E-state index is 11.2. The van der Waals surface area contributed by atoms with Crippen molar-refractivity contribution >= 4 is 6.47 Å². The molecule has 5 fully saturated rings. The largest absolute Gasteiger partial charge is 0.464 e. The predicted molar refractivity (Wildman–Crippen MR) is 140 cm³/mol. The molecule has 2 nitrogen and oxygen atoms in total. The summed E-state index contributed by atoms with van der Waals surface area (Å²) in [7, 11) is 0. The molecule has 5 saturated carbocycles. The number of hydrogen-bond donors (Lipinski definition) is 0. The molecule has 0 heterocycles. The number of ether oxygens (including phenoxy) is 1. The van der Waals surface area contributed by atoms with Crippen LogP contribution in [0.25, 0.3) is 0 Å². The molecule has 0 radical (unpaired) electrons. The molecule has 9 atom stereocenters. The highest BCUT2D eigenvalue weighted by atomic mass is 16.5. The summed E-state index contributed by atoms with van der Waals surface area (Å²) in [5.41, 5.74) is 3.65. The Morgan fingerprint density at radius 1 is 0.912 bits per heavy atom. The summed E-state index contributed by atoms with van der Waals surface area (Å²) < 4.78 is 5.66. The summed E-state index contributed by atoms with van der Waals surface area (Å²) in [5, 5.41) is 0. The topological polar surface area (TPSA) is 26.3 Å². The standard InChI is InChI=1S/C32H52O2/c1-21(2)22(3)9-10-23(4)24-13-15-30(8)26-12-11-25-28(5,6)27(34-20-33)14-16-31(25)19-32(26,31)18-17-29(24,30)7/h20-21,23-27H,3,9-19H2,1-2,4-8H3/t23-,24-,25-,26+,27+,29-,30+,31-,32+/m1/s1. The normalized spacial score (nSPS) is 49.3. The Kier molecular flexibility index (Phi) is 5.75. The molecule has 2 heteroatoms. The summed E-state index contributed by atoms with van der Waals surface area (Å²) in [6, 6.07) is 0. The molecular weight excluding hydrogens is 416 g/mol. The van der Waals surface area contributed by atoms with E-state index >= 15 is 0 Å². The summed E-state index contributed by atoms with van der Waals surface area (Å²) in [5.74, 6) is 3.91. The first kappa shape index (κ1) is 24.9. The quantitative estimate of drug-likeness (QED) is 0.276. The van der Waals surface area contributed by atoms with Gasteiger partial charge in [0.05, 0.1) is 0 Å². The molecule has 0 amide bonds. The SMILES string of the molecule is C=C(CC[C@@H](C)[C@H]1CC[C@@]2(C)[C@@H]3CC[C@@H]4C(C)(C)[C@@H](OC=O)CC[C@@]45C[C@@]35CC[C@]12C)C(C)C. The van der Waals surface area contributed by atoms with E-state index in [1.54, 1.807) is 0 Å². The summed E-state index contributed by atoms with van der Waals surface area (Å²) in [6.07, 6.45) is 15.0. The molecular formula is C32H52O2. The van der Waals surface area contributed by atoms with Gasteiger partial charge in [0.1, 0.15) is 6.10 Å². The van der Waals surface area contributed by atoms with E-state index in [2.05, 4.69) is 55.0 Å². The summed E-state index contributed by atoms with van der Waals surface area (Å²) in [4.78, 5) is 11.2. The zero-order valence-electron chi connectivity index (χ0n) is 23.3. The molecule has 5 aliphatic carbocycles. The number of fused-ring (bicyclic) bond motifs is 2. The van der Waals surface area contributed by atoms with Crippen LogP contribution in [0.2, 0.25) is 0 Å². The van der Waals surface area contributed by atoms with Gasteiger partial charge in [-0.05, 0) is 122 Å². The number of rotatable bonds is 7. The second-order valence-electron chi connectivity index (χ2n) is 15.1. The van der Waals surface area contributed by atoms with E-state index in [-0.39, 0.29) is 11.5 Å². The van der Waals surface area contributed by atoms with E-state index in [0.717, 1.165) is 30.1 Å². The molecule has 0 aromatic carbocycles. The summed E-state index contributed by atoms with van der Waals surface area (Å²) >= 11 is 0. The van der Waals surface area contributed by atoms with Crippen molar-refractivity contribution in [1.82, 2.24) is 0 Å². The summed E-state index contributed by atoms with van der Waals surface area (Å²) in [6.45, 7) is 22.5. The molecule has 0 saturated heterocycles. The van der Waals surface area contributed by atoms with Gasteiger partial charge in [0.15, 0.2) is 0 Å². The highest BCUT2D eigenvalue weighted by Crippen LogP contribution is 2.89. The average Bonchev–Trinajstić information content (AvgIpc) is 3.36. The highest BCUT2D eigenvalue weighted by molar-refractivity contribution is 5.38. The number of carbonyl (C=O) groups excluding carboxylic acids is 1. The van der Waals surface area contributed by atoms with Gasteiger partial charge in [-0.3, -0.25) is 4.79 Å². The monoisotopic (exact) mass is 468 g/mol. The van der Waals surface area contributed by atoms with Gasteiger partial charge in [-0.2, -0.15) is 0 Å². The van der Waals surface area contributed by atoms with Crippen molar-refractivity contribution in [2.75, 3.05) is 0 Å². The van der Waals surface area contributed by atoms with Gasteiger partial charge in [0, 0.05) is 5.41 Å². The maximum atomic E-state index is 11.2. The minimum atomic E-state index is 0.108. The van der Waals surface area contributed by atoms with Gasteiger partial charge in [-0.15, -0.1) is 0 Å². The first-order valence-electron chi connectivity index (χ1n) is 14.7. The van der Waals surface area contributed by atoms with Crippen molar-refractivity contribution < 1.29 is 9.53 Å². The lowest BCUT2D eigenvalue weighted by Crippen LogP contribution is -2.57. The second-order valence-corrected chi connectivity index (χ2v) is 15.1. The van der Waals surface area contributed by atoms with E-state index in [1.165, 1.54) is 69.8 Å². The van der Waals surface area contributed by atoms with Crippen molar-refractivity contribution in [3.63, 3.8) is 0 Å². The van der Waals surface area contributed by atoms with Gasteiger partial charge in [0.2, 0.25) is 0 Å². The van der Waals surface area contributed by atoms with Crippen molar-refractivity contribution in [2.45, 2.75) is 125 Å². The third-order valence-corrected chi connectivity index (χ3v) is 13.8. The smallest absolute Gasteiger partial charge is 0.293 e. The Bertz CT molecular complexity index is 842. The van der Waals surface area contributed by atoms with Crippen molar-refractivity contribution in [1.29, 1.82) is 0 Å². The van der Waals surface area contributed by atoms with Crippen LogP contribution in [0, 0.1) is 56.7 Å². The zero-order chi connectivity index (χ0) is 24.7. The molecule has 192 valence electrons. The molecule has 5 aliphatic rings. The van der Waals surface area contributed by atoms with Crippen LogP contribution in [-0.4, -0.2) is 12.6 Å². The van der Waals surface area contributed by atoms with Crippen molar-refractivity contribution in [3.05, 3.63) is 12.2 Å². The van der Waals surface area contributed by atoms with Gasteiger partial charge >= 0.3 is 0 Å². The van der Waals surface area contributed by atoms with Gasteiger partial charge < -0.3 is 4.74 Å². The van der Waals surface area contributed by atoms with Gasteiger partial charge in [0.25, 0.3) is 6.47 Å². The van der Waals surface area contributed by atoms with Crippen LogP contribution < -0.4 is 0 Å². The van der Waals surface area contributed by atoms with Crippen LogP contribution in [0.1, 0.15) is 119 Å². The third kappa shape index (κ3) is 3.01. The number of allylic oxidation sites excluding steroid dienone is 1. The molecule has 0 aromatic rings. The number of hydrogen-bond acceptors (Lipinski definition) is 2. The van der Waals surface area contributed by atoms with Gasteiger partial charge in [-0.25, -0.2) is 0 Å². The molecule has 0 N–H and O–H groups in total. The van der Waals surface area contributed by atoms with Crippen LogP contribution in [0.4, 0.5) is 0 Å². The van der Waals surface area contributed by atoms with Crippen molar-refractivity contribution in [3.8, 4) is 0 Å². The molecule has 34 heavy (non-hydrogen) atoms. The highest BCUT2D eigenvalue weighted by Gasteiger charge is 2.82. The third-order valence-electron chi connectivity index (χ3n) is 13.8. The molecule has 0 bridgehead atoms. The molecule has 5 rings (SSSR count). The van der Waals surface area contributed by atoms with E-state index in [4.69, 9.17) is 4.74 Å².